The molecule has 21 heavy (non-hydrogen) atoms. The Kier molecular flexibility index (Phi) is 3.50. The van der Waals surface area contributed by atoms with Gasteiger partial charge in [0.05, 0.1) is 6.42 Å². The largest absolute Gasteiger partial charge is 0.426 e. The molecule has 0 bridgehead atoms. The number of halogens is 1. The molecule has 1 aliphatic heterocycles. The number of ether oxygens (including phenoxy) is 1. The van der Waals surface area contributed by atoms with E-state index in [2.05, 4.69) is 19.1 Å². The SMILES string of the molecule is Cc1ccccc1[C@H]1CC(=O)Oc2cc(C)c(Cl)c(C)c21. The summed E-state index contributed by atoms with van der Waals surface area (Å²) in [7, 11) is 0. The van der Waals surface area contributed by atoms with Gasteiger partial charge in [-0.25, -0.2) is 0 Å². The van der Waals surface area contributed by atoms with E-state index < -0.39 is 0 Å². The van der Waals surface area contributed by atoms with Gasteiger partial charge in [0, 0.05) is 16.5 Å². The second-order valence-corrected chi connectivity index (χ2v) is 6.01. The Hall–Kier alpha value is -1.80. The van der Waals surface area contributed by atoms with E-state index in [0.29, 0.717) is 12.2 Å². The van der Waals surface area contributed by atoms with Crippen molar-refractivity contribution in [3.63, 3.8) is 0 Å². The van der Waals surface area contributed by atoms with E-state index in [9.17, 15) is 4.79 Å². The second-order valence-electron chi connectivity index (χ2n) is 5.63. The predicted molar refractivity (Wildman–Crippen MR) is 84.2 cm³/mol. The van der Waals surface area contributed by atoms with Crippen LogP contribution in [-0.2, 0) is 4.79 Å². The molecule has 0 aliphatic carbocycles. The van der Waals surface area contributed by atoms with E-state index in [1.807, 2.05) is 32.0 Å². The molecule has 0 fully saturated rings. The molecule has 0 aromatic heterocycles. The first-order valence-electron chi connectivity index (χ1n) is 7.05. The van der Waals surface area contributed by atoms with Gasteiger partial charge in [-0.2, -0.15) is 0 Å². The van der Waals surface area contributed by atoms with Crippen molar-refractivity contribution in [3.8, 4) is 5.75 Å². The minimum Gasteiger partial charge on any atom is -0.426 e. The van der Waals surface area contributed by atoms with E-state index in [1.165, 1.54) is 11.1 Å². The van der Waals surface area contributed by atoms with Gasteiger partial charge in [0.2, 0.25) is 0 Å². The number of carbonyl (C=O) groups excluding carboxylic acids is 1. The van der Waals surface area contributed by atoms with Crippen LogP contribution in [0.2, 0.25) is 5.02 Å². The van der Waals surface area contributed by atoms with Crippen molar-refractivity contribution in [1.29, 1.82) is 0 Å². The van der Waals surface area contributed by atoms with Crippen LogP contribution in [0, 0.1) is 20.8 Å². The number of benzene rings is 2. The third-order valence-electron chi connectivity index (χ3n) is 4.20. The van der Waals surface area contributed by atoms with E-state index in [1.54, 1.807) is 0 Å². The molecule has 108 valence electrons. The zero-order valence-electron chi connectivity index (χ0n) is 12.4. The van der Waals surface area contributed by atoms with Gasteiger partial charge >= 0.3 is 5.97 Å². The van der Waals surface area contributed by atoms with Crippen LogP contribution in [0.3, 0.4) is 0 Å². The number of rotatable bonds is 1. The molecule has 2 nitrogen and oxygen atoms in total. The molecule has 2 aromatic carbocycles. The van der Waals surface area contributed by atoms with Crippen LogP contribution < -0.4 is 4.74 Å². The Morgan fingerprint density at radius 1 is 1.14 bits per heavy atom. The first-order chi connectivity index (χ1) is 9.99. The van der Waals surface area contributed by atoms with Gasteiger partial charge in [-0.1, -0.05) is 35.9 Å². The van der Waals surface area contributed by atoms with Gasteiger partial charge < -0.3 is 4.74 Å². The highest BCUT2D eigenvalue weighted by Crippen LogP contribution is 2.44. The van der Waals surface area contributed by atoms with Gasteiger partial charge in [0.1, 0.15) is 5.75 Å². The lowest BCUT2D eigenvalue weighted by atomic mass is 9.81. The molecule has 0 N–H and O–H groups in total. The Balaban J connectivity index is 2.25. The number of carbonyl (C=O) groups is 1. The van der Waals surface area contributed by atoms with Crippen LogP contribution in [0.4, 0.5) is 0 Å². The third-order valence-corrected chi connectivity index (χ3v) is 4.78. The molecule has 3 rings (SSSR count). The topological polar surface area (TPSA) is 26.3 Å². The lowest BCUT2D eigenvalue weighted by Crippen LogP contribution is -2.22. The fourth-order valence-electron chi connectivity index (χ4n) is 3.13. The molecule has 0 saturated heterocycles. The fourth-order valence-corrected chi connectivity index (χ4v) is 3.29. The van der Waals surface area contributed by atoms with E-state index in [0.717, 1.165) is 21.7 Å². The van der Waals surface area contributed by atoms with Crippen molar-refractivity contribution in [2.45, 2.75) is 33.1 Å². The molecule has 0 saturated carbocycles. The quantitative estimate of drug-likeness (QED) is 0.563. The summed E-state index contributed by atoms with van der Waals surface area (Å²) in [5.74, 6) is 0.483. The van der Waals surface area contributed by atoms with Crippen molar-refractivity contribution < 1.29 is 9.53 Å². The van der Waals surface area contributed by atoms with Gasteiger partial charge in [0.25, 0.3) is 0 Å². The van der Waals surface area contributed by atoms with Gasteiger partial charge in [-0.3, -0.25) is 4.79 Å². The number of hydrogen-bond donors (Lipinski definition) is 0. The van der Waals surface area contributed by atoms with Crippen LogP contribution in [0.15, 0.2) is 30.3 Å². The van der Waals surface area contributed by atoms with Crippen molar-refractivity contribution >= 4 is 17.6 Å². The molecule has 0 spiro atoms. The summed E-state index contributed by atoms with van der Waals surface area (Å²) in [5, 5.41) is 0.755. The standard InChI is InChI=1S/C18H17ClO2/c1-10-6-4-5-7-13(10)14-9-16(20)21-15-8-11(2)18(19)12(3)17(14)15/h4-8,14H,9H2,1-3H3/t14-/m1/s1. The molecule has 0 unspecified atom stereocenters. The maximum Gasteiger partial charge on any atom is 0.312 e. The highest BCUT2D eigenvalue weighted by atomic mass is 35.5. The summed E-state index contributed by atoms with van der Waals surface area (Å²) in [6.45, 7) is 6.00. The molecular weight excluding hydrogens is 284 g/mol. The summed E-state index contributed by atoms with van der Waals surface area (Å²) in [4.78, 5) is 12.0. The van der Waals surface area contributed by atoms with Crippen LogP contribution in [-0.4, -0.2) is 5.97 Å². The Bertz CT molecular complexity index is 734. The first-order valence-corrected chi connectivity index (χ1v) is 7.42. The van der Waals surface area contributed by atoms with Crippen LogP contribution >= 0.6 is 11.6 Å². The normalized spacial score (nSPS) is 17.3. The van der Waals surface area contributed by atoms with Gasteiger partial charge in [-0.15, -0.1) is 0 Å². The molecule has 1 heterocycles. The third kappa shape index (κ3) is 2.34. The highest BCUT2D eigenvalue weighted by molar-refractivity contribution is 6.32. The smallest absolute Gasteiger partial charge is 0.312 e. The lowest BCUT2D eigenvalue weighted by molar-refractivity contribution is -0.135. The average molecular weight is 301 g/mol. The Morgan fingerprint density at radius 3 is 2.57 bits per heavy atom. The lowest BCUT2D eigenvalue weighted by Gasteiger charge is -2.28. The highest BCUT2D eigenvalue weighted by Gasteiger charge is 2.31. The summed E-state index contributed by atoms with van der Waals surface area (Å²) >= 11 is 6.40. The van der Waals surface area contributed by atoms with E-state index >= 15 is 0 Å². The Morgan fingerprint density at radius 2 is 1.86 bits per heavy atom. The number of aryl methyl sites for hydroxylation is 2. The molecule has 1 atom stereocenters. The Labute approximate surface area is 129 Å². The van der Waals surface area contributed by atoms with Crippen molar-refractivity contribution in [3.05, 3.63) is 63.2 Å². The zero-order valence-corrected chi connectivity index (χ0v) is 13.1. The van der Waals surface area contributed by atoms with Gasteiger partial charge in [-0.05, 0) is 49.1 Å². The second kappa shape index (κ2) is 5.19. The molecule has 0 radical (unpaired) electrons. The van der Waals surface area contributed by atoms with Crippen LogP contribution in [0.5, 0.6) is 5.75 Å². The molecular formula is C18H17ClO2. The predicted octanol–water partition coefficient (Wildman–Crippen LogP) is 4.71. The number of hydrogen-bond acceptors (Lipinski definition) is 2. The summed E-state index contributed by atoms with van der Waals surface area (Å²) < 4.78 is 5.44. The molecule has 3 heteroatoms. The maximum absolute atomic E-state index is 12.0. The van der Waals surface area contributed by atoms with Crippen LogP contribution in [0.25, 0.3) is 0 Å². The van der Waals surface area contributed by atoms with E-state index in [4.69, 9.17) is 16.3 Å². The molecule has 2 aromatic rings. The minimum absolute atomic E-state index is 0.0144. The fraction of sp³-hybridized carbons (Fsp3) is 0.278. The summed E-state index contributed by atoms with van der Waals surface area (Å²) in [5.41, 5.74) is 5.33. The summed E-state index contributed by atoms with van der Waals surface area (Å²) in [6, 6.07) is 10.0. The average Bonchev–Trinajstić information content (AvgIpc) is 2.44. The van der Waals surface area contributed by atoms with Crippen molar-refractivity contribution in [1.82, 2.24) is 0 Å². The number of esters is 1. The molecule has 1 aliphatic rings. The van der Waals surface area contributed by atoms with Crippen molar-refractivity contribution in [2.75, 3.05) is 0 Å². The summed E-state index contributed by atoms with van der Waals surface area (Å²) in [6.07, 6.45) is 0.359. The van der Waals surface area contributed by atoms with E-state index in [-0.39, 0.29) is 11.9 Å². The zero-order chi connectivity index (χ0) is 15.1. The maximum atomic E-state index is 12.0. The first kappa shape index (κ1) is 14.2. The van der Waals surface area contributed by atoms with Gasteiger partial charge in [0.15, 0.2) is 0 Å². The monoisotopic (exact) mass is 300 g/mol. The molecule has 0 amide bonds. The van der Waals surface area contributed by atoms with Crippen molar-refractivity contribution in [2.24, 2.45) is 0 Å². The minimum atomic E-state index is -0.183. The number of fused-ring (bicyclic) bond motifs is 1. The van der Waals surface area contributed by atoms with Crippen LogP contribution in [0.1, 0.15) is 40.2 Å².